The second-order valence-corrected chi connectivity index (χ2v) is 3.64. The quantitative estimate of drug-likeness (QED) is 0.496. The summed E-state index contributed by atoms with van der Waals surface area (Å²) in [6.07, 6.45) is 3.37. The van der Waals surface area contributed by atoms with Gasteiger partial charge in [0.25, 0.3) is 0 Å². The number of rotatable bonds is 0. The molecule has 1 aliphatic rings. The minimum Gasteiger partial charge on any atom is -0.198 e. The first-order chi connectivity index (χ1) is 4.75. The minimum absolute atomic E-state index is 0.0930. The number of hydrogen-bond donors (Lipinski definition) is 0. The summed E-state index contributed by atoms with van der Waals surface area (Å²) >= 11 is 5.96. The summed E-state index contributed by atoms with van der Waals surface area (Å²) in [5.41, 5.74) is 0. The molecule has 56 valence electrons. The van der Waals surface area contributed by atoms with Crippen molar-refractivity contribution in [2.24, 2.45) is 11.8 Å². The first-order valence-corrected chi connectivity index (χ1v) is 4.23. The molecule has 1 fully saturated rings. The van der Waals surface area contributed by atoms with Crippen LogP contribution in [0.5, 0.6) is 0 Å². The smallest absolute Gasteiger partial charge is 0.0674 e. The summed E-state index contributed by atoms with van der Waals surface area (Å²) in [5.74, 6) is 0.594. The Balaban J connectivity index is 2.56. The van der Waals surface area contributed by atoms with Crippen LogP contribution >= 0.6 is 11.6 Å². The van der Waals surface area contributed by atoms with Crippen molar-refractivity contribution in [1.82, 2.24) is 0 Å². The average molecular weight is 158 g/mol. The molecule has 1 aliphatic carbocycles. The van der Waals surface area contributed by atoms with E-state index in [1.165, 1.54) is 12.8 Å². The van der Waals surface area contributed by atoms with Gasteiger partial charge in [-0.1, -0.05) is 13.3 Å². The van der Waals surface area contributed by atoms with E-state index in [9.17, 15) is 0 Å². The van der Waals surface area contributed by atoms with E-state index in [0.29, 0.717) is 5.92 Å². The van der Waals surface area contributed by atoms with Gasteiger partial charge < -0.3 is 0 Å². The third kappa shape index (κ3) is 1.44. The highest BCUT2D eigenvalue weighted by Gasteiger charge is 2.28. The maximum absolute atomic E-state index is 8.70. The topological polar surface area (TPSA) is 23.8 Å². The van der Waals surface area contributed by atoms with E-state index in [-0.39, 0.29) is 11.3 Å². The van der Waals surface area contributed by atoms with Crippen LogP contribution in [-0.2, 0) is 0 Å². The molecule has 0 bridgehead atoms. The molecule has 0 amide bonds. The largest absolute Gasteiger partial charge is 0.198 e. The summed E-state index contributed by atoms with van der Waals surface area (Å²) in [4.78, 5) is 0. The van der Waals surface area contributed by atoms with Crippen LogP contribution in [0.1, 0.15) is 26.2 Å². The molecule has 1 saturated carbocycles. The highest BCUT2D eigenvalue weighted by molar-refractivity contribution is 6.21. The fourth-order valence-electron chi connectivity index (χ4n) is 1.56. The molecule has 1 nitrogen and oxygen atoms in total. The van der Waals surface area contributed by atoms with Gasteiger partial charge in [-0.2, -0.15) is 5.26 Å². The molecule has 0 heterocycles. The van der Waals surface area contributed by atoms with E-state index in [1.54, 1.807) is 0 Å². The van der Waals surface area contributed by atoms with Crippen LogP contribution < -0.4 is 0 Å². The third-order valence-electron chi connectivity index (χ3n) is 2.29. The van der Waals surface area contributed by atoms with Crippen molar-refractivity contribution in [3.05, 3.63) is 0 Å². The molecule has 1 rings (SSSR count). The molecule has 3 atom stereocenters. The summed E-state index contributed by atoms with van der Waals surface area (Å²) in [7, 11) is 0. The van der Waals surface area contributed by atoms with Gasteiger partial charge in [0, 0.05) is 5.38 Å². The van der Waals surface area contributed by atoms with Crippen molar-refractivity contribution in [2.45, 2.75) is 31.6 Å². The van der Waals surface area contributed by atoms with Gasteiger partial charge in [-0.15, -0.1) is 11.6 Å². The maximum Gasteiger partial charge on any atom is 0.0674 e. The van der Waals surface area contributed by atoms with Gasteiger partial charge in [-0.05, 0) is 18.8 Å². The molecule has 0 aromatic carbocycles. The van der Waals surface area contributed by atoms with Crippen molar-refractivity contribution in [2.75, 3.05) is 0 Å². The Kier molecular flexibility index (Phi) is 2.56. The van der Waals surface area contributed by atoms with Crippen molar-refractivity contribution >= 4 is 11.6 Å². The minimum atomic E-state index is 0.0930. The van der Waals surface area contributed by atoms with Crippen LogP contribution in [0.15, 0.2) is 0 Å². The van der Waals surface area contributed by atoms with Crippen LogP contribution in [0.25, 0.3) is 0 Å². The van der Waals surface area contributed by atoms with Crippen molar-refractivity contribution in [3.8, 4) is 6.07 Å². The molecule has 3 unspecified atom stereocenters. The van der Waals surface area contributed by atoms with Crippen LogP contribution in [0.2, 0.25) is 0 Å². The van der Waals surface area contributed by atoms with Gasteiger partial charge in [-0.25, -0.2) is 0 Å². The highest BCUT2D eigenvalue weighted by Crippen LogP contribution is 2.32. The number of nitriles is 1. The maximum atomic E-state index is 8.70. The van der Waals surface area contributed by atoms with Gasteiger partial charge in [0.2, 0.25) is 0 Å². The molecule has 0 spiro atoms. The summed E-state index contributed by atoms with van der Waals surface area (Å²) < 4.78 is 0. The zero-order valence-corrected chi connectivity index (χ0v) is 6.93. The normalized spacial score (nSPS) is 40.7. The van der Waals surface area contributed by atoms with Gasteiger partial charge in [0.05, 0.1) is 12.0 Å². The standard InChI is InChI=1S/C8H12ClN/c1-6-3-2-4-8(9)7(6)5-10/h6-8H,2-4H2,1H3. The zero-order valence-electron chi connectivity index (χ0n) is 6.18. The summed E-state index contributed by atoms with van der Waals surface area (Å²) in [6, 6.07) is 2.27. The second-order valence-electron chi connectivity index (χ2n) is 3.08. The van der Waals surface area contributed by atoms with E-state index in [0.717, 1.165) is 6.42 Å². The van der Waals surface area contributed by atoms with Crippen LogP contribution in [-0.4, -0.2) is 5.38 Å². The second kappa shape index (κ2) is 3.25. The molecule has 0 radical (unpaired) electrons. The highest BCUT2D eigenvalue weighted by atomic mass is 35.5. The summed E-state index contributed by atoms with van der Waals surface area (Å²) in [6.45, 7) is 2.11. The van der Waals surface area contributed by atoms with E-state index in [4.69, 9.17) is 16.9 Å². The molecule has 2 heteroatoms. The lowest BCUT2D eigenvalue weighted by molar-refractivity contribution is 0.319. The zero-order chi connectivity index (χ0) is 7.56. The first kappa shape index (κ1) is 7.88. The monoisotopic (exact) mass is 157 g/mol. The lowest BCUT2D eigenvalue weighted by Crippen LogP contribution is -2.25. The van der Waals surface area contributed by atoms with Gasteiger partial charge in [0.15, 0.2) is 0 Å². The molecule has 0 aromatic heterocycles. The third-order valence-corrected chi connectivity index (χ3v) is 2.78. The summed E-state index contributed by atoms with van der Waals surface area (Å²) in [5, 5.41) is 8.80. The predicted octanol–water partition coefficient (Wildman–Crippen LogP) is 2.55. The molecule has 10 heavy (non-hydrogen) atoms. The Morgan fingerprint density at radius 3 is 2.60 bits per heavy atom. The molecular formula is C8H12ClN. The number of nitrogens with zero attached hydrogens (tertiary/aromatic N) is 1. The lowest BCUT2D eigenvalue weighted by Gasteiger charge is -2.27. The molecule has 0 N–H and O–H groups in total. The van der Waals surface area contributed by atoms with Crippen LogP contribution in [0.4, 0.5) is 0 Å². The van der Waals surface area contributed by atoms with Crippen LogP contribution in [0.3, 0.4) is 0 Å². The Labute approximate surface area is 67.0 Å². The molecular weight excluding hydrogens is 146 g/mol. The van der Waals surface area contributed by atoms with E-state index < -0.39 is 0 Å². The molecule has 0 aliphatic heterocycles. The lowest BCUT2D eigenvalue weighted by atomic mass is 9.81. The van der Waals surface area contributed by atoms with Crippen molar-refractivity contribution < 1.29 is 0 Å². The Morgan fingerprint density at radius 2 is 2.20 bits per heavy atom. The molecule has 0 aromatic rings. The average Bonchev–Trinajstić information content (AvgIpc) is 1.88. The SMILES string of the molecule is CC1CCCC(Cl)C1C#N. The van der Waals surface area contributed by atoms with Gasteiger partial charge >= 0.3 is 0 Å². The van der Waals surface area contributed by atoms with Gasteiger partial charge in [0.1, 0.15) is 0 Å². The molecule has 0 saturated heterocycles. The van der Waals surface area contributed by atoms with E-state index in [2.05, 4.69) is 13.0 Å². The van der Waals surface area contributed by atoms with E-state index >= 15 is 0 Å². The fourth-order valence-corrected chi connectivity index (χ4v) is 2.02. The predicted molar refractivity (Wildman–Crippen MR) is 41.8 cm³/mol. The number of alkyl halides is 1. The Morgan fingerprint density at radius 1 is 1.50 bits per heavy atom. The van der Waals surface area contributed by atoms with Gasteiger partial charge in [-0.3, -0.25) is 0 Å². The number of hydrogen-bond acceptors (Lipinski definition) is 1. The van der Waals surface area contributed by atoms with Crippen molar-refractivity contribution in [3.63, 3.8) is 0 Å². The first-order valence-electron chi connectivity index (χ1n) is 3.79. The van der Waals surface area contributed by atoms with Crippen molar-refractivity contribution in [1.29, 1.82) is 5.26 Å². The van der Waals surface area contributed by atoms with Crippen LogP contribution in [0, 0.1) is 23.2 Å². The Bertz CT molecular complexity index is 140. The number of halogens is 1. The fraction of sp³-hybridized carbons (Fsp3) is 0.875. The van der Waals surface area contributed by atoms with E-state index in [1.807, 2.05) is 0 Å². The Hall–Kier alpha value is -0.220.